The number of nitrogens with one attached hydrogen (secondary N) is 1. The number of aliphatic imine (C=N–C) groups is 1. The zero-order chi connectivity index (χ0) is 13.3. The van der Waals surface area contributed by atoms with E-state index in [1.165, 1.54) is 36.3 Å². The Morgan fingerprint density at radius 2 is 2.47 bits per heavy atom. The summed E-state index contributed by atoms with van der Waals surface area (Å²) in [6, 6.07) is 0. The van der Waals surface area contributed by atoms with Crippen molar-refractivity contribution >= 4 is 28.3 Å². The maximum absolute atomic E-state index is 4.74. The molecule has 2 heterocycles. The summed E-state index contributed by atoms with van der Waals surface area (Å²) in [5, 5.41) is 4.86. The van der Waals surface area contributed by atoms with Crippen molar-refractivity contribution in [3.05, 3.63) is 16.1 Å². The second-order valence-corrected chi connectivity index (χ2v) is 7.78. The van der Waals surface area contributed by atoms with Gasteiger partial charge in [-0.15, -0.1) is 11.3 Å². The van der Waals surface area contributed by atoms with Crippen LogP contribution in [-0.4, -0.2) is 21.4 Å². The average molecular weight is 295 g/mol. The Kier molecular flexibility index (Phi) is 3.85. The first-order valence-electron chi connectivity index (χ1n) is 7.01. The van der Waals surface area contributed by atoms with Gasteiger partial charge in [-0.3, -0.25) is 4.99 Å². The molecule has 2 unspecified atom stereocenters. The van der Waals surface area contributed by atoms with Crippen molar-refractivity contribution in [2.45, 2.75) is 51.6 Å². The quantitative estimate of drug-likeness (QED) is 0.906. The molecule has 1 saturated heterocycles. The van der Waals surface area contributed by atoms with Crippen LogP contribution in [0.4, 0.5) is 0 Å². The van der Waals surface area contributed by atoms with Gasteiger partial charge in [0.25, 0.3) is 0 Å². The molecule has 1 N–H and O–H groups in total. The molecule has 19 heavy (non-hydrogen) atoms. The van der Waals surface area contributed by atoms with Crippen molar-refractivity contribution < 1.29 is 0 Å². The highest BCUT2D eigenvalue weighted by atomic mass is 32.2. The van der Waals surface area contributed by atoms with Gasteiger partial charge in [0.15, 0.2) is 5.17 Å². The zero-order valence-corrected chi connectivity index (χ0v) is 13.2. The first kappa shape index (κ1) is 13.4. The summed E-state index contributed by atoms with van der Waals surface area (Å²) in [5.41, 5.74) is 3.37. The molecule has 0 aromatic carbocycles. The fourth-order valence-corrected chi connectivity index (χ4v) is 5.01. The second kappa shape index (κ2) is 5.44. The number of hydrogen-bond donors (Lipinski definition) is 1. The van der Waals surface area contributed by atoms with Gasteiger partial charge in [-0.25, -0.2) is 4.98 Å². The van der Waals surface area contributed by atoms with Crippen molar-refractivity contribution in [2.24, 2.45) is 10.9 Å². The van der Waals surface area contributed by atoms with Crippen LogP contribution in [0.5, 0.6) is 0 Å². The predicted octanol–water partition coefficient (Wildman–Crippen LogP) is 3.59. The molecule has 1 aliphatic carbocycles. The lowest BCUT2D eigenvalue weighted by Gasteiger charge is -2.36. The minimum atomic E-state index is 0.337. The smallest absolute Gasteiger partial charge is 0.157 e. The third kappa shape index (κ3) is 2.97. The first-order valence-corrected chi connectivity index (χ1v) is 8.88. The van der Waals surface area contributed by atoms with Crippen molar-refractivity contribution in [1.82, 2.24) is 10.3 Å². The summed E-state index contributed by atoms with van der Waals surface area (Å²) in [6.07, 6.45) is 5.36. The third-order valence-electron chi connectivity index (χ3n) is 4.16. The van der Waals surface area contributed by atoms with E-state index in [1.54, 1.807) is 11.3 Å². The summed E-state index contributed by atoms with van der Waals surface area (Å²) >= 11 is 3.61. The molecule has 104 valence electrons. The standard InChI is InChI=1S/C14H21N3S2/c1-10-4-3-5-14(6-10)8-18-13(17-14)15-7-12-11(2)16-9-19-12/h9-10H,3-8H2,1-2H3,(H,15,17). The van der Waals surface area contributed by atoms with Gasteiger partial charge in [-0.05, 0) is 25.7 Å². The molecule has 0 amide bonds. The predicted molar refractivity (Wildman–Crippen MR) is 83.9 cm³/mol. The van der Waals surface area contributed by atoms with E-state index >= 15 is 0 Å². The maximum atomic E-state index is 4.74. The third-order valence-corrected chi connectivity index (χ3v) is 6.28. The largest absolute Gasteiger partial charge is 0.359 e. The van der Waals surface area contributed by atoms with E-state index in [9.17, 15) is 0 Å². The van der Waals surface area contributed by atoms with Gasteiger partial charge in [0.05, 0.1) is 17.7 Å². The van der Waals surface area contributed by atoms with Gasteiger partial charge in [-0.2, -0.15) is 0 Å². The highest BCUT2D eigenvalue weighted by Gasteiger charge is 2.40. The molecule has 3 nitrogen and oxygen atoms in total. The Morgan fingerprint density at radius 3 is 3.21 bits per heavy atom. The van der Waals surface area contributed by atoms with Gasteiger partial charge >= 0.3 is 0 Å². The molecule has 1 aromatic rings. The van der Waals surface area contributed by atoms with Crippen molar-refractivity contribution in [2.75, 3.05) is 5.75 Å². The number of thioether (sulfide) groups is 1. The number of hydrogen-bond acceptors (Lipinski definition) is 4. The van der Waals surface area contributed by atoms with E-state index in [0.717, 1.165) is 23.3 Å². The lowest BCUT2D eigenvalue weighted by Crippen LogP contribution is -2.47. The lowest BCUT2D eigenvalue weighted by molar-refractivity contribution is 0.242. The fraction of sp³-hybridized carbons (Fsp3) is 0.714. The lowest BCUT2D eigenvalue weighted by atomic mass is 9.78. The van der Waals surface area contributed by atoms with E-state index in [4.69, 9.17) is 4.99 Å². The van der Waals surface area contributed by atoms with Crippen LogP contribution in [-0.2, 0) is 6.54 Å². The number of nitrogens with zero attached hydrogens (tertiary/aromatic N) is 2. The van der Waals surface area contributed by atoms with E-state index in [2.05, 4.69) is 24.1 Å². The van der Waals surface area contributed by atoms with Crippen LogP contribution in [0.3, 0.4) is 0 Å². The van der Waals surface area contributed by atoms with Gasteiger partial charge in [0.1, 0.15) is 0 Å². The van der Waals surface area contributed by atoms with E-state index in [1.807, 2.05) is 17.3 Å². The summed E-state index contributed by atoms with van der Waals surface area (Å²) in [6.45, 7) is 5.21. The molecule has 1 saturated carbocycles. The normalized spacial score (nSPS) is 32.9. The van der Waals surface area contributed by atoms with Crippen molar-refractivity contribution in [3.63, 3.8) is 0 Å². The molecule has 2 fully saturated rings. The monoisotopic (exact) mass is 295 g/mol. The van der Waals surface area contributed by atoms with Gasteiger partial charge in [0.2, 0.25) is 0 Å². The minimum absolute atomic E-state index is 0.337. The fourth-order valence-electron chi connectivity index (χ4n) is 3.12. The van der Waals surface area contributed by atoms with Crippen LogP contribution < -0.4 is 5.32 Å². The number of amidine groups is 1. The number of rotatable bonds is 2. The van der Waals surface area contributed by atoms with Gasteiger partial charge in [-0.1, -0.05) is 31.5 Å². The van der Waals surface area contributed by atoms with E-state index in [-0.39, 0.29) is 0 Å². The summed E-state index contributed by atoms with van der Waals surface area (Å²) in [7, 11) is 0. The highest BCUT2D eigenvalue weighted by molar-refractivity contribution is 8.14. The van der Waals surface area contributed by atoms with Crippen LogP contribution in [0.25, 0.3) is 0 Å². The van der Waals surface area contributed by atoms with Gasteiger partial charge < -0.3 is 5.32 Å². The Morgan fingerprint density at radius 1 is 1.58 bits per heavy atom. The highest BCUT2D eigenvalue weighted by Crippen LogP contribution is 2.38. The molecule has 0 bridgehead atoms. The minimum Gasteiger partial charge on any atom is -0.359 e. The maximum Gasteiger partial charge on any atom is 0.157 e. The molecule has 3 rings (SSSR count). The zero-order valence-electron chi connectivity index (χ0n) is 11.6. The molecule has 1 spiro atoms. The number of aromatic nitrogens is 1. The van der Waals surface area contributed by atoms with Crippen LogP contribution in [0.2, 0.25) is 0 Å². The molecule has 1 aromatic heterocycles. The molecular weight excluding hydrogens is 274 g/mol. The van der Waals surface area contributed by atoms with Crippen LogP contribution in [0.15, 0.2) is 10.5 Å². The Labute approximate surface area is 123 Å². The van der Waals surface area contributed by atoms with Gasteiger partial charge in [0, 0.05) is 16.2 Å². The average Bonchev–Trinajstić information content (AvgIpc) is 2.94. The molecule has 5 heteroatoms. The summed E-state index contributed by atoms with van der Waals surface area (Å²) in [5.74, 6) is 2.04. The Balaban J connectivity index is 1.64. The molecular formula is C14H21N3S2. The van der Waals surface area contributed by atoms with Crippen LogP contribution >= 0.6 is 23.1 Å². The van der Waals surface area contributed by atoms with E-state index < -0.39 is 0 Å². The SMILES string of the molecule is Cc1ncsc1CN=C1NC2(CCCC(C)C2)CS1. The van der Waals surface area contributed by atoms with Crippen molar-refractivity contribution in [1.29, 1.82) is 0 Å². The van der Waals surface area contributed by atoms with E-state index in [0.29, 0.717) is 5.54 Å². The second-order valence-electron chi connectivity index (χ2n) is 5.88. The van der Waals surface area contributed by atoms with Crippen LogP contribution in [0, 0.1) is 12.8 Å². The Hall–Kier alpha value is -0.550. The topological polar surface area (TPSA) is 37.3 Å². The number of thiazole rings is 1. The summed E-state index contributed by atoms with van der Waals surface area (Å²) < 4.78 is 0. The molecule has 2 atom stereocenters. The molecule has 0 radical (unpaired) electrons. The first-order chi connectivity index (χ1) is 9.17. The number of aryl methyl sites for hydroxylation is 1. The Bertz CT molecular complexity index is 483. The van der Waals surface area contributed by atoms with Crippen molar-refractivity contribution in [3.8, 4) is 0 Å². The summed E-state index contributed by atoms with van der Waals surface area (Å²) in [4.78, 5) is 10.3. The molecule has 1 aliphatic heterocycles. The molecule has 2 aliphatic rings. The van der Waals surface area contributed by atoms with Crippen LogP contribution in [0.1, 0.15) is 43.2 Å².